The van der Waals surface area contributed by atoms with Crippen LogP contribution < -0.4 is 10.9 Å². The Morgan fingerprint density at radius 3 is 2.56 bits per heavy atom. The number of amides is 1. The number of hydrogen-bond donors (Lipinski definition) is 1. The van der Waals surface area contributed by atoms with Gasteiger partial charge in [0.2, 0.25) is 5.91 Å². The molecular formula is C20H21N3O2. The molecule has 0 aliphatic rings. The van der Waals surface area contributed by atoms with Gasteiger partial charge in [-0.1, -0.05) is 50.2 Å². The number of hydrogen-bond acceptors (Lipinski definition) is 3. The van der Waals surface area contributed by atoms with Crippen molar-refractivity contribution in [1.82, 2.24) is 14.9 Å². The van der Waals surface area contributed by atoms with Crippen molar-refractivity contribution >= 4 is 16.9 Å². The summed E-state index contributed by atoms with van der Waals surface area (Å²) in [5, 5.41) is 2.87. The molecule has 0 spiro atoms. The number of rotatable bonds is 5. The molecule has 0 bridgehead atoms. The van der Waals surface area contributed by atoms with Crippen LogP contribution in [0.15, 0.2) is 59.5 Å². The van der Waals surface area contributed by atoms with Crippen LogP contribution in [0.25, 0.3) is 11.0 Å². The number of carbonyl (C=O) groups excluding carboxylic acids is 1. The second-order valence-electron chi connectivity index (χ2n) is 6.34. The minimum absolute atomic E-state index is 0.0219. The van der Waals surface area contributed by atoms with E-state index < -0.39 is 0 Å². The van der Waals surface area contributed by atoms with E-state index in [0.717, 1.165) is 5.56 Å². The summed E-state index contributed by atoms with van der Waals surface area (Å²) in [5.74, 6) is 0.280. The number of benzene rings is 2. The predicted molar refractivity (Wildman–Crippen MR) is 98.4 cm³/mol. The highest BCUT2D eigenvalue weighted by molar-refractivity contribution is 5.79. The van der Waals surface area contributed by atoms with Crippen LogP contribution in [0.4, 0.5) is 0 Å². The average Bonchev–Trinajstić information content (AvgIpc) is 2.63. The van der Waals surface area contributed by atoms with Crippen LogP contribution in [0, 0.1) is 0 Å². The normalized spacial score (nSPS) is 11.0. The Morgan fingerprint density at radius 2 is 1.84 bits per heavy atom. The first kappa shape index (κ1) is 16.9. The predicted octanol–water partition coefficient (Wildman–Crippen LogP) is 2.84. The first-order chi connectivity index (χ1) is 12.0. The van der Waals surface area contributed by atoms with Crippen LogP contribution in [-0.4, -0.2) is 15.5 Å². The summed E-state index contributed by atoms with van der Waals surface area (Å²) >= 11 is 0. The Hall–Kier alpha value is -2.95. The van der Waals surface area contributed by atoms with Crippen molar-refractivity contribution < 1.29 is 4.79 Å². The third-order valence-electron chi connectivity index (χ3n) is 4.19. The molecule has 1 heterocycles. The second kappa shape index (κ2) is 7.30. The van der Waals surface area contributed by atoms with Crippen LogP contribution in [0.2, 0.25) is 0 Å². The van der Waals surface area contributed by atoms with E-state index in [2.05, 4.69) is 36.3 Å². The van der Waals surface area contributed by atoms with E-state index in [1.54, 1.807) is 6.07 Å². The highest BCUT2D eigenvalue weighted by Gasteiger charge is 2.09. The zero-order valence-electron chi connectivity index (χ0n) is 14.4. The number of fused-ring (bicyclic) bond motifs is 1. The van der Waals surface area contributed by atoms with E-state index in [9.17, 15) is 9.59 Å². The summed E-state index contributed by atoms with van der Waals surface area (Å²) in [6.45, 7) is 4.71. The first-order valence-electron chi connectivity index (χ1n) is 8.34. The van der Waals surface area contributed by atoms with E-state index in [-0.39, 0.29) is 18.0 Å². The fourth-order valence-corrected chi connectivity index (χ4v) is 2.70. The van der Waals surface area contributed by atoms with Crippen molar-refractivity contribution in [3.05, 3.63) is 76.2 Å². The molecule has 5 nitrogen and oxygen atoms in total. The molecule has 0 saturated heterocycles. The van der Waals surface area contributed by atoms with Gasteiger partial charge < -0.3 is 5.32 Å². The Bertz CT molecular complexity index is 943. The smallest absolute Gasteiger partial charge is 0.269 e. The molecule has 25 heavy (non-hydrogen) atoms. The van der Waals surface area contributed by atoms with Gasteiger partial charge in [-0.15, -0.1) is 0 Å². The summed E-state index contributed by atoms with van der Waals surface area (Å²) in [6.07, 6.45) is 1.25. The SMILES string of the molecule is CC(C)c1ccc(CNC(=O)Cn2c(=O)cnc3ccccc32)cc1. The summed E-state index contributed by atoms with van der Waals surface area (Å²) < 4.78 is 1.44. The molecule has 0 atom stereocenters. The zero-order valence-corrected chi connectivity index (χ0v) is 14.4. The summed E-state index contributed by atoms with van der Waals surface area (Å²) in [6, 6.07) is 15.5. The molecular weight excluding hydrogens is 314 g/mol. The maximum absolute atomic E-state index is 12.3. The van der Waals surface area contributed by atoms with Crippen molar-refractivity contribution in [1.29, 1.82) is 0 Å². The Morgan fingerprint density at radius 1 is 1.12 bits per heavy atom. The zero-order chi connectivity index (χ0) is 17.8. The summed E-state index contributed by atoms with van der Waals surface area (Å²) in [5.41, 5.74) is 3.37. The lowest BCUT2D eigenvalue weighted by Crippen LogP contribution is -2.32. The van der Waals surface area contributed by atoms with Gasteiger partial charge in [0, 0.05) is 6.54 Å². The van der Waals surface area contributed by atoms with Gasteiger partial charge in [0.15, 0.2) is 0 Å². The Kier molecular flexibility index (Phi) is 4.93. The van der Waals surface area contributed by atoms with E-state index in [1.165, 1.54) is 16.3 Å². The van der Waals surface area contributed by atoms with Gasteiger partial charge in [0.05, 0.1) is 17.2 Å². The Labute approximate surface area is 146 Å². The van der Waals surface area contributed by atoms with Crippen molar-refractivity contribution in [2.24, 2.45) is 0 Å². The van der Waals surface area contributed by atoms with Gasteiger partial charge in [0.25, 0.3) is 5.56 Å². The molecule has 0 aliphatic heterocycles. The van der Waals surface area contributed by atoms with Crippen LogP contribution in [0.3, 0.4) is 0 Å². The lowest BCUT2D eigenvalue weighted by Gasteiger charge is -2.11. The molecule has 1 N–H and O–H groups in total. The maximum atomic E-state index is 12.3. The molecule has 128 valence electrons. The molecule has 1 aromatic heterocycles. The molecule has 0 aliphatic carbocycles. The van der Waals surface area contributed by atoms with Crippen LogP contribution in [0.1, 0.15) is 30.9 Å². The van der Waals surface area contributed by atoms with Gasteiger partial charge >= 0.3 is 0 Å². The molecule has 3 aromatic rings. The van der Waals surface area contributed by atoms with Crippen LogP contribution >= 0.6 is 0 Å². The molecule has 3 rings (SSSR count). The van der Waals surface area contributed by atoms with Gasteiger partial charge in [-0.3, -0.25) is 14.2 Å². The monoisotopic (exact) mass is 335 g/mol. The lowest BCUT2D eigenvalue weighted by atomic mass is 10.0. The van der Waals surface area contributed by atoms with Gasteiger partial charge in [-0.2, -0.15) is 0 Å². The fraction of sp³-hybridized carbons (Fsp3) is 0.250. The van der Waals surface area contributed by atoms with Gasteiger partial charge in [0.1, 0.15) is 6.54 Å². The van der Waals surface area contributed by atoms with E-state index in [1.807, 2.05) is 30.3 Å². The average molecular weight is 335 g/mol. The molecule has 2 aromatic carbocycles. The van der Waals surface area contributed by atoms with E-state index >= 15 is 0 Å². The van der Waals surface area contributed by atoms with E-state index in [4.69, 9.17) is 0 Å². The molecule has 0 radical (unpaired) electrons. The second-order valence-corrected chi connectivity index (χ2v) is 6.34. The molecule has 0 unspecified atom stereocenters. The van der Waals surface area contributed by atoms with Gasteiger partial charge in [-0.05, 0) is 29.2 Å². The standard InChI is InChI=1S/C20H21N3O2/c1-14(2)16-9-7-15(8-10-16)11-22-19(24)13-23-18-6-4-3-5-17(18)21-12-20(23)25/h3-10,12,14H,11,13H2,1-2H3,(H,22,24). The first-order valence-corrected chi connectivity index (χ1v) is 8.34. The van der Waals surface area contributed by atoms with E-state index in [0.29, 0.717) is 23.5 Å². The van der Waals surface area contributed by atoms with Gasteiger partial charge in [-0.25, -0.2) is 4.98 Å². The molecule has 1 amide bonds. The number of aromatic nitrogens is 2. The van der Waals surface area contributed by atoms with Crippen molar-refractivity contribution in [2.45, 2.75) is 32.9 Å². The fourth-order valence-electron chi connectivity index (χ4n) is 2.70. The minimum atomic E-state index is -0.282. The molecule has 0 fully saturated rings. The largest absolute Gasteiger partial charge is 0.350 e. The minimum Gasteiger partial charge on any atom is -0.350 e. The number of nitrogens with one attached hydrogen (secondary N) is 1. The number of para-hydroxylation sites is 2. The van der Waals surface area contributed by atoms with Crippen LogP contribution in [0.5, 0.6) is 0 Å². The van der Waals surface area contributed by atoms with Crippen molar-refractivity contribution in [2.75, 3.05) is 0 Å². The molecule has 5 heteroatoms. The topological polar surface area (TPSA) is 64.0 Å². The maximum Gasteiger partial charge on any atom is 0.269 e. The third kappa shape index (κ3) is 3.94. The quantitative estimate of drug-likeness (QED) is 0.780. The highest BCUT2D eigenvalue weighted by atomic mass is 16.2. The Balaban J connectivity index is 1.69. The van der Waals surface area contributed by atoms with Crippen LogP contribution in [-0.2, 0) is 17.9 Å². The van der Waals surface area contributed by atoms with Crippen molar-refractivity contribution in [3.63, 3.8) is 0 Å². The lowest BCUT2D eigenvalue weighted by molar-refractivity contribution is -0.121. The summed E-state index contributed by atoms with van der Waals surface area (Å²) in [7, 11) is 0. The van der Waals surface area contributed by atoms with Crippen molar-refractivity contribution in [3.8, 4) is 0 Å². The number of carbonyl (C=O) groups is 1. The highest BCUT2D eigenvalue weighted by Crippen LogP contribution is 2.14. The third-order valence-corrected chi connectivity index (χ3v) is 4.19. The molecule has 0 saturated carbocycles. The summed E-state index contributed by atoms with van der Waals surface area (Å²) in [4.78, 5) is 28.4. The number of nitrogens with zero attached hydrogens (tertiary/aromatic N) is 2.